The lowest BCUT2D eigenvalue weighted by molar-refractivity contribution is 0.305. The van der Waals surface area contributed by atoms with Gasteiger partial charge in [0.15, 0.2) is 0 Å². The molecule has 0 saturated heterocycles. The van der Waals surface area contributed by atoms with E-state index in [0.717, 1.165) is 17.7 Å². The van der Waals surface area contributed by atoms with E-state index in [4.69, 9.17) is 16.3 Å². The standard InChI is InChI=1S/C13H13ClN2O/c14-10-11-4-3-8-16-13(11)17-9-6-12-5-1-2-7-15-12/h1-5,7-8H,6,9-10H2. The van der Waals surface area contributed by atoms with Gasteiger partial charge in [0.2, 0.25) is 5.88 Å². The number of alkyl halides is 1. The molecular formula is C13H13ClN2O. The Bertz CT molecular complexity index is 462. The normalized spacial score (nSPS) is 10.2. The van der Waals surface area contributed by atoms with Gasteiger partial charge in [0.25, 0.3) is 0 Å². The van der Waals surface area contributed by atoms with Crippen LogP contribution in [0.4, 0.5) is 0 Å². The van der Waals surface area contributed by atoms with E-state index in [1.54, 1.807) is 12.4 Å². The first-order chi connectivity index (χ1) is 8.40. The third-order valence-corrected chi connectivity index (χ3v) is 2.60. The molecule has 0 aliphatic carbocycles. The predicted octanol–water partition coefficient (Wildman–Crippen LogP) is 2.84. The van der Waals surface area contributed by atoms with Gasteiger partial charge in [-0.3, -0.25) is 4.98 Å². The van der Waals surface area contributed by atoms with Crippen LogP contribution in [0.1, 0.15) is 11.3 Å². The second kappa shape index (κ2) is 6.21. The summed E-state index contributed by atoms with van der Waals surface area (Å²) in [4.78, 5) is 8.38. The Balaban J connectivity index is 1.90. The van der Waals surface area contributed by atoms with Gasteiger partial charge < -0.3 is 4.74 Å². The Hall–Kier alpha value is -1.61. The van der Waals surface area contributed by atoms with Crippen molar-refractivity contribution in [2.75, 3.05) is 6.61 Å². The monoisotopic (exact) mass is 248 g/mol. The summed E-state index contributed by atoms with van der Waals surface area (Å²) in [5.74, 6) is 1.02. The highest BCUT2D eigenvalue weighted by atomic mass is 35.5. The van der Waals surface area contributed by atoms with E-state index in [1.165, 1.54) is 0 Å². The Morgan fingerprint density at radius 1 is 1.06 bits per heavy atom. The van der Waals surface area contributed by atoms with E-state index < -0.39 is 0 Å². The SMILES string of the molecule is ClCc1cccnc1OCCc1ccccn1. The zero-order valence-electron chi connectivity index (χ0n) is 9.34. The van der Waals surface area contributed by atoms with Gasteiger partial charge in [-0.25, -0.2) is 4.98 Å². The first kappa shape index (κ1) is 11.9. The second-order valence-corrected chi connectivity index (χ2v) is 3.79. The lowest BCUT2D eigenvalue weighted by Gasteiger charge is -2.07. The van der Waals surface area contributed by atoms with Crippen molar-refractivity contribution >= 4 is 11.6 Å². The highest BCUT2D eigenvalue weighted by Crippen LogP contribution is 2.16. The molecule has 0 bridgehead atoms. The third kappa shape index (κ3) is 3.43. The first-order valence-electron chi connectivity index (χ1n) is 5.42. The van der Waals surface area contributed by atoms with Crippen LogP contribution in [0.5, 0.6) is 5.88 Å². The van der Waals surface area contributed by atoms with Crippen LogP contribution >= 0.6 is 11.6 Å². The molecule has 2 heterocycles. The van der Waals surface area contributed by atoms with Crippen LogP contribution < -0.4 is 4.74 Å². The van der Waals surface area contributed by atoms with Gasteiger partial charge in [0, 0.05) is 30.1 Å². The van der Waals surface area contributed by atoms with Crippen LogP contribution in [-0.4, -0.2) is 16.6 Å². The van der Waals surface area contributed by atoms with E-state index in [-0.39, 0.29) is 0 Å². The third-order valence-electron chi connectivity index (χ3n) is 2.32. The molecule has 4 heteroatoms. The van der Waals surface area contributed by atoms with E-state index >= 15 is 0 Å². The first-order valence-corrected chi connectivity index (χ1v) is 5.96. The number of hydrogen-bond acceptors (Lipinski definition) is 3. The highest BCUT2D eigenvalue weighted by Gasteiger charge is 2.03. The molecule has 2 aromatic heterocycles. The second-order valence-electron chi connectivity index (χ2n) is 3.52. The molecule has 0 unspecified atom stereocenters. The van der Waals surface area contributed by atoms with Crippen molar-refractivity contribution in [2.45, 2.75) is 12.3 Å². The van der Waals surface area contributed by atoms with Crippen LogP contribution in [-0.2, 0) is 12.3 Å². The number of ether oxygens (including phenoxy) is 1. The van der Waals surface area contributed by atoms with Gasteiger partial charge in [0.05, 0.1) is 12.5 Å². The molecule has 0 aliphatic heterocycles. The molecule has 0 aromatic carbocycles. The Morgan fingerprint density at radius 3 is 2.71 bits per heavy atom. The summed E-state index contributed by atoms with van der Waals surface area (Å²) in [6, 6.07) is 9.60. The number of aromatic nitrogens is 2. The maximum absolute atomic E-state index is 5.80. The van der Waals surface area contributed by atoms with Gasteiger partial charge >= 0.3 is 0 Å². The smallest absolute Gasteiger partial charge is 0.217 e. The van der Waals surface area contributed by atoms with Crippen molar-refractivity contribution in [1.82, 2.24) is 9.97 Å². The van der Waals surface area contributed by atoms with Crippen molar-refractivity contribution in [3.63, 3.8) is 0 Å². The zero-order valence-corrected chi connectivity index (χ0v) is 10.1. The maximum atomic E-state index is 5.80. The summed E-state index contributed by atoms with van der Waals surface area (Å²) >= 11 is 5.80. The topological polar surface area (TPSA) is 35.0 Å². The minimum absolute atomic E-state index is 0.409. The van der Waals surface area contributed by atoms with Crippen LogP contribution in [0.3, 0.4) is 0 Å². The minimum atomic E-state index is 0.409. The molecule has 0 spiro atoms. The van der Waals surface area contributed by atoms with E-state index in [1.807, 2.05) is 30.3 Å². The van der Waals surface area contributed by atoms with Crippen molar-refractivity contribution in [1.29, 1.82) is 0 Å². The number of rotatable bonds is 5. The lowest BCUT2D eigenvalue weighted by atomic mass is 10.3. The summed E-state index contributed by atoms with van der Waals surface area (Å²) in [5.41, 5.74) is 1.92. The molecule has 2 aromatic rings. The van der Waals surface area contributed by atoms with Crippen LogP contribution in [0.15, 0.2) is 42.7 Å². The van der Waals surface area contributed by atoms with Gasteiger partial charge in [-0.2, -0.15) is 0 Å². The molecule has 0 fully saturated rings. The number of halogens is 1. The van der Waals surface area contributed by atoms with Crippen molar-refractivity contribution in [3.8, 4) is 5.88 Å². The molecule has 0 amide bonds. The fourth-order valence-electron chi connectivity index (χ4n) is 1.45. The maximum Gasteiger partial charge on any atom is 0.217 e. The predicted molar refractivity (Wildman–Crippen MR) is 67.2 cm³/mol. The molecule has 0 saturated carbocycles. The number of pyridine rings is 2. The number of hydrogen-bond donors (Lipinski definition) is 0. The van der Waals surface area contributed by atoms with E-state index in [2.05, 4.69) is 9.97 Å². The summed E-state index contributed by atoms with van der Waals surface area (Å²) < 4.78 is 5.60. The van der Waals surface area contributed by atoms with Crippen molar-refractivity contribution < 1.29 is 4.74 Å². The van der Waals surface area contributed by atoms with E-state index in [9.17, 15) is 0 Å². The molecule has 3 nitrogen and oxygen atoms in total. The van der Waals surface area contributed by atoms with Crippen LogP contribution in [0.25, 0.3) is 0 Å². The quantitative estimate of drug-likeness (QED) is 0.764. The Kier molecular flexibility index (Phi) is 4.33. The Morgan fingerprint density at radius 2 is 1.94 bits per heavy atom. The Labute approximate surface area is 105 Å². The fourth-order valence-corrected chi connectivity index (χ4v) is 1.66. The summed E-state index contributed by atoms with van der Waals surface area (Å²) in [5, 5.41) is 0. The van der Waals surface area contributed by atoms with Gasteiger partial charge in [-0.15, -0.1) is 11.6 Å². The summed E-state index contributed by atoms with van der Waals surface area (Å²) in [6.07, 6.45) is 4.24. The van der Waals surface area contributed by atoms with E-state index in [0.29, 0.717) is 18.4 Å². The van der Waals surface area contributed by atoms with Gasteiger partial charge in [0.1, 0.15) is 0 Å². The zero-order chi connectivity index (χ0) is 11.9. The molecule has 2 rings (SSSR count). The number of nitrogens with zero attached hydrogens (tertiary/aromatic N) is 2. The fraction of sp³-hybridized carbons (Fsp3) is 0.231. The van der Waals surface area contributed by atoms with Gasteiger partial charge in [-0.1, -0.05) is 12.1 Å². The minimum Gasteiger partial charge on any atom is -0.477 e. The van der Waals surface area contributed by atoms with Crippen molar-refractivity contribution in [3.05, 3.63) is 54.0 Å². The molecule has 0 radical (unpaired) electrons. The molecule has 0 atom stereocenters. The average Bonchev–Trinajstić information content (AvgIpc) is 2.40. The molecule has 0 aliphatic rings. The summed E-state index contributed by atoms with van der Waals surface area (Å²) in [7, 11) is 0. The largest absolute Gasteiger partial charge is 0.477 e. The molecule has 0 N–H and O–H groups in total. The van der Waals surface area contributed by atoms with Crippen molar-refractivity contribution in [2.24, 2.45) is 0 Å². The average molecular weight is 249 g/mol. The van der Waals surface area contributed by atoms with Gasteiger partial charge in [-0.05, 0) is 18.2 Å². The van der Waals surface area contributed by atoms with Crippen LogP contribution in [0, 0.1) is 0 Å². The summed E-state index contributed by atoms with van der Waals surface area (Å²) in [6.45, 7) is 0.553. The molecule has 17 heavy (non-hydrogen) atoms. The molecular weight excluding hydrogens is 236 g/mol. The van der Waals surface area contributed by atoms with Crippen LogP contribution in [0.2, 0.25) is 0 Å². The highest BCUT2D eigenvalue weighted by molar-refractivity contribution is 6.17. The lowest BCUT2D eigenvalue weighted by Crippen LogP contribution is -2.05. The molecule has 88 valence electrons.